The molecule has 1 amide bonds. The van der Waals surface area contributed by atoms with Crippen molar-refractivity contribution in [2.75, 3.05) is 11.9 Å². The van der Waals surface area contributed by atoms with E-state index in [-0.39, 0.29) is 12.5 Å². The van der Waals surface area contributed by atoms with Gasteiger partial charge >= 0.3 is 0 Å². The normalized spacial score (nSPS) is 11.4. The highest BCUT2D eigenvalue weighted by atomic mass is 32.1. The van der Waals surface area contributed by atoms with Crippen molar-refractivity contribution >= 4 is 33.1 Å². The summed E-state index contributed by atoms with van der Waals surface area (Å²) in [4.78, 5) is 17.9. The van der Waals surface area contributed by atoms with Gasteiger partial charge in [0.15, 0.2) is 11.7 Å². The van der Waals surface area contributed by atoms with Crippen LogP contribution in [0.3, 0.4) is 0 Å². The Morgan fingerprint density at radius 1 is 0.962 bits per heavy atom. The number of nitrogens with one attached hydrogen (secondary N) is 1. The predicted octanol–water partition coefficient (Wildman–Crippen LogP) is 4.96. The van der Waals surface area contributed by atoms with Crippen LogP contribution < -0.4 is 10.1 Å². The molecule has 126 valence electrons. The van der Waals surface area contributed by atoms with E-state index >= 15 is 0 Å². The minimum Gasteiger partial charge on any atom is -0.484 e. The number of amides is 1. The van der Waals surface area contributed by atoms with Gasteiger partial charge < -0.3 is 4.74 Å². The molecule has 5 heteroatoms. The van der Waals surface area contributed by atoms with Crippen molar-refractivity contribution in [1.29, 1.82) is 0 Å². The Kier molecular flexibility index (Phi) is 3.47. The fourth-order valence-corrected chi connectivity index (χ4v) is 4.31. The van der Waals surface area contributed by atoms with Gasteiger partial charge in [0.25, 0.3) is 5.91 Å². The Bertz CT molecular complexity index is 1080. The zero-order valence-electron chi connectivity index (χ0n) is 13.7. The molecule has 0 radical (unpaired) electrons. The molecular formula is C21H14N2O2S. The van der Waals surface area contributed by atoms with E-state index in [0.717, 1.165) is 16.1 Å². The fraction of sp³-hybridized carbons (Fsp3) is 0.0476. The molecule has 0 atom stereocenters. The number of ether oxygens (including phenoxy) is 1. The maximum Gasteiger partial charge on any atom is 0.264 e. The van der Waals surface area contributed by atoms with Crippen LogP contribution in [0.1, 0.15) is 0 Å². The summed E-state index contributed by atoms with van der Waals surface area (Å²) in [6.45, 7) is -0.0412. The third-order valence-corrected chi connectivity index (χ3v) is 5.40. The van der Waals surface area contributed by atoms with Crippen LogP contribution in [0, 0.1) is 0 Å². The van der Waals surface area contributed by atoms with Crippen LogP contribution in [-0.4, -0.2) is 17.5 Å². The van der Waals surface area contributed by atoms with E-state index in [4.69, 9.17) is 4.74 Å². The molecule has 1 heterocycles. The number of para-hydroxylation sites is 1. The van der Waals surface area contributed by atoms with Crippen LogP contribution in [-0.2, 0) is 4.79 Å². The van der Waals surface area contributed by atoms with Crippen molar-refractivity contribution in [1.82, 2.24) is 4.98 Å². The number of hydrogen-bond donors (Lipinski definition) is 1. The third-order valence-electron chi connectivity index (χ3n) is 4.39. The van der Waals surface area contributed by atoms with Gasteiger partial charge in [0.1, 0.15) is 5.75 Å². The van der Waals surface area contributed by atoms with E-state index in [2.05, 4.69) is 40.6 Å². The first-order chi connectivity index (χ1) is 12.8. The molecule has 1 aliphatic rings. The minimum atomic E-state index is -0.215. The first kappa shape index (κ1) is 15.1. The summed E-state index contributed by atoms with van der Waals surface area (Å²) in [6, 6.07) is 21.8. The SMILES string of the molecule is O=C(COc1ccccc1)Nc1nc2c(s1)-c1cccc3cccc-2c13. The number of aromatic nitrogens is 1. The molecule has 0 unspecified atom stereocenters. The van der Waals surface area contributed by atoms with Crippen LogP contribution in [0.2, 0.25) is 0 Å². The average Bonchev–Trinajstić information content (AvgIpc) is 3.21. The molecule has 1 aromatic heterocycles. The topological polar surface area (TPSA) is 51.2 Å². The standard InChI is InChI=1S/C21H14N2O2S/c24-17(12-25-14-8-2-1-3-9-14)22-21-23-19-15-10-4-6-13-7-5-11-16(18(13)15)20(19)26-21/h1-11H,12H2,(H,22,23,24). The molecule has 4 nitrogen and oxygen atoms in total. The zero-order chi connectivity index (χ0) is 17.5. The highest BCUT2D eigenvalue weighted by molar-refractivity contribution is 7.20. The lowest BCUT2D eigenvalue weighted by molar-refractivity contribution is -0.118. The molecule has 0 saturated carbocycles. The molecule has 1 aliphatic carbocycles. The monoisotopic (exact) mass is 358 g/mol. The van der Waals surface area contributed by atoms with Gasteiger partial charge in [0.05, 0.1) is 10.6 Å². The minimum absolute atomic E-state index is 0.0412. The van der Waals surface area contributed by atoms with E-state index in [1.165, 1.54) is 27.7 Å². The van der Waals surface area contributed by atoms with Gasteiger partial charge in [0.2, 0.25) is 0 Å². The van der Waals surface area contributed by atoms with Gasteiger partial charge in [0, 0.05) is 11.1 Å². The number of carbonyl (C=O) groups excluding carboxylic acids is 1. The van der Waals surface area contributed by atoms with Crippen LogP contribution in [0.25, 0.3) is 32.5 Å². The molecule has 1 N–H and O–H groups in total. The van der Waals surface area contributed by atoms with Crippen molar-refractivity contribution in [2.24, 2.45) is 0 Å². The van der Waals surface area contributed by atoms with Crippen molar-refractivity contribution in [2.45, 2.75) is 0 Å². The van der Waals surface area contributed by atoms with Gasteiger partial charge in [-0.1, -0.05) is 65.9 Å². The lowest BCUT2D eigenvalue weighted by atomic mass is 10.0. The first-order valence-electron chi connectivity index (χ1n) is 8.30. The smallest absolute Gasteiger partial charge is 0.264 e. The number of fused-ring (bicyclic) bond motifs is 3. The van der Waals surface area contributed by atoms with Crippen LogP contribution in [0.5, 0.6) is 5.75 Å². The molecular weight excluding hydrogens is 344 g/mol. The van der Waals surface area contributed by atoms with Gasteiger partial charge in [-0.3, -0.25) is 10.1 Å². The van der Waals surface area contributed by atoms with Crippen molar-refractivity contribution in [3.8, 4) is 27.4 Å². The predicted molar refractivity (Wildman–Crippen MR) is 105 cm³/mol. The fourth-order valence-electron chi connectivity index (χ4n) is 3.29. The molecule has 4 aromatic rings. The van der Waals surface area contributed by atoms with Gasteiger partial charge in [-0.05, 0) is 22.9 Å². The van der Waals surface area contributed by atoms with Crippen LogP contribution >= 0.6 is 11.3 Å². The average molecular weight is 358 g/mol. The third kappa shape index (κ3) is 2.45. The summed E-state index contributed by atoms with van der Waals surface area (Å²) in [5.41, 5.74) is 3.26. The van der Waals surface area contributed by atoms with E-state index in [1.54, 1.807) is 0 Å². The number of carbonyl (C=O) groups is 1. The van der Waals surface area contributed by atoms with E-state index in [0.29, 0.717) is 10.9 Å². The second kappa shape index (κ2) is 5.97. The summed E-state index contributed by atoms with van der Waals surface area (Å²) < 4.78 is 5.49. The van der Waals surface area contributed by atoms with Crippen molar-refractivity contribution in [3.63, 3.8) is 0 Å². The Labute approximate surface area is 154 Å². The van der Waals surface area contributed by atoms with Crippen LogP contribution in [0.4, 0.5) is 5.13 Å². The maximum absolute atomic E-state index is 12.2. The zero-order valence-corrected chi connectivity index (χ0v) is 14.5. The quantitative estimate of drug-likeness (QED) is 0.494. The number of nitrogens with zero attached hydrogens (tertiary/aromatic N) is 1. The van der Waals surface area contributed by atoms with Gasteiger partial charge in [-0.25, -0.2) is 4.98 Å². The Morgan fingerprint density at radius 3 is 2.54 bits per heavy atom. The lowest BCUT2D eigenvalue weighted by Crippen LogP contribution is -2.20. The van der Waals surface area contributed by atoms with Crippen LogP contribution in [0.15, 0.2) is 66.7 Å². The largest absolute Gasteiger partial charge is 0.484 e. The highest BCUT2D eigenvalue weighted by Crippen LogP contribution is 2.50. The van der Waals surface area contributed by atoms with Gasteiger partial charge in [-0.2, -0.15) is 0 Å². The summed E-state index contributed by atoms with van der Waals surface area (Å²) in [6.07, 6.45) is 0. The number of benzene rings is 3. The number of rotatable bonds is 4. The lowest BCUT2D eigenvalue weighted by Gasteiger charge is -2.05. The second-order valence-corrected chi connectivity index (χ2v) is 7.05. The Hall–Kier alpha value is -3.18. The van der Waals surface area contributed by atoms with Crippen molar-refractivity contribution < 1.29 is 9.53 Å². The summed E-state index contributed by atoms with van der Waals surface area (Å²) in [7, 11) is 0. The molecule has 0 saturated heterocycles. The van der Waals surface area contributed by atoms with E-state index < -0.39 is 0 Å². The maximum atomic E-state index is 12.2. The molecule has 5 rings (SSSR count). The Balaban J connectivity index is 1.38. The molecule has 0 spiro atoms. The number of hydrogen-bond acceptors (Lipinski definition) is 4. The molecule has 26 heavy (non-hydrogen) atoms. The number of anilines is 1. The molecule has 0 fully saturated rings. The van der Waals surface area contributed by atoms with Crippen molar-refractivity contribution in [3.05, 3.63) is 66.7 Å². The molecule has 0 bridgehead atoms. The molecule has 0 aliphatic heterocycles. The van der Waals surface area contributed by atoms with E-state index in [1.807, 2.05) is 36.4 Å². The molecule has 3 aromatic carbocycles. The summed E-state index contributed by atoms with van der Waals surface area (Å²) >= 11 is 1.50. The van der Waals surface area contributed by atoms with Gasteiger partial charge in [-0.15, -0.1) is 0 Å². The first-order valence-corrected chi connectivity index (χ1v) is 9.12. The van der Waals surface area contributed by atoms with E-state index in [9.17, 15) is 4.79 Å². The summed E-state index contributed by atoms with van der Waals surface area (Å²) in [5.74, 6) is 0.456. The number of thiazole rings is 1. The Morgan fingerprint density at radius 2 is 1.73 bits per heavy atom. The second-order valence-electron chi connectivity index (χ2n) is 6.06. The highest BCUT2D eigenvalue weighted by Gasteiger charge is 2.25. The summed E-state index contributed by atoms with van der Waals surface area (Å²) in [5, 5.41) is 5.91.